The van der Waals surface area contributed by atoms with Gasteiger partial charge in [-0.3, -0.25) is 0 Å². The lowest BCUT2D eigenvalue weighted by molar-refractivity contribution is 0.687. The van der Waals surface area contributed by atoms with Gasteiger partial charge in [-0.1, -0.05) is 47.5 Å². The van der Waals surface area contributed by atoms with Gasteiger partial charge in [-0.25, -0.2) is 0 Å². The van der Waals surface area contributed by atoms with Crippen molar-refractivity contribution in [2.24, 2.45) is 0 Å². The predicted octanol–water partition coefficient (Wildman–Crippen LogP) is 4.27. The largest absolute Gasteiger partial charge is 0.309 e. The van der Waals surface area contributed by atoms with Crippen molar-refractivity contribution in [3.8, 4) is 0 Å². The van der Waals surface area contributed by atoms with Crippen molar-refractivity contribution in [2.75, 3.05) is 7.05 Å². The summed E-state index contributed by atoms with van der Waals surface area (Å²) in [4.78, 5) is 0. The fourth-order valence-electron chi connectivity index (χ4n) is 2.23. The van der Waals surface area contributed by atoms with E-state index in [4.69, 9.17) is 11.6 Å². The summed E-state index contributed by atoms with van der Waals surface area (Å²) < 4.78 is 0. The molecule has 0 aliphatic carbocycles. The molecule has 2 aromatic carbocycles. The second kappa shape index (κ2) is 5.55. The minimum absolute atomic E-state index is 0.210. The highest BCUT2D eigenvalue weighted by atomic mass is 35.5. The third-order valence-corrected chi connectivity index (χ3v) is 3.49. The van der Waals surface area contributed by atoms with Gasteiger partial charge in [0.25, 0.3) is 0 Å². The Morgan fingerprint density at radius 3 is 2.28 bits per heavy atom. The lowest BCUT2D eigenvalue weighted by atomic mass is 9.94. The molecule has 1 unspecified atom stereocenters. The zero-order valence-corrected chi connectivity index (χ0v) is 11.8. The number of aryl methyl sites for hydroxylation is 2. The Labute approximate surface area is 114 Å². The Balaban J connectivity index is 2.44. The first-order valence-corrected chi connectivity index (χ1v) is 6.49. The van der Waals surface area contributed by atoms with E-state index in [0.29, 0.717) is 0 Å². The summed E-state index contributed by atoms with van der Waals surface area (Å²) in [5.74, 6) is 0. The summed E-state index contributed by atoms with van der Waals surface area (Å²) in [6.07, 6.45) is 0. The van der Waals surface area contributed by atoms with E-state index >= 15 is 0 Å². The van der Waals surface area contributed by atoms with E-state index in [1.54, 1.807) is 0 Å². The molecule has 1 nitrogen and oxygen atoms in total. The average Bonchev–Trinajstić information content (AvgIpc) is 2.37. The van der Waals surface area contributed by atoms with Crippen molar-refractivity contribution in [1.29, 1.82) is 0 Å². The number of halogens is 1. The van der Waals surface area contributed by atoms with Gasteiger partial charge >= 0.3 is 0 Å². The second-order valence-electron chi connectivity index (χ2n) is 4.63. The minimum Gasteiger partial charge on any atom is -0.309 e. The molecule has 0 spiro atoms. The maximum Gasteiger partial charge on any atom is 0.0577 e. The van der Waals surface area contributed by atoms with Crippen LogP contribution >= 0.6 is 11.6 Å². The molecule has 0 amide bonds. The smallest absolute Gasteiger partial charge is 0.0577 e. The van der Waals surface area contributed by atoms with Crippen LogP contribution in [0, 0.1) is 13.8 Å². The Morgan fingerprint density at radius 1 is 1.00 bits per heavy atom. The quantitative estimate of drug-likeness (QED) is 0.868. The molecular formula is C16H18ClN. The maximum atomic E-state index is 5.94. The lowest BCUT2D eigenvalue weighted by Crippen LogP contribution is -2.18. The highest BCUT2D eigenvalue weighted by Crippen LogP contribution is 2.26. The molecule has 2 rings (SSSR count). The second-order valence-corrected chi connectivity index (χ2v) is 5.07. The summed E-state index contributed by atoms with van der Waals surface area (Å²) in [6, 6.07) is 14.8. The van der Waals surface area contributed by atoms with Crippen molar-refractivity contribution < 1.29 is 0 Å². The fourth-order valence-corrected chi connectivity index (χ4v) is 2.35. The Hall–Kier alpha value is -1.31. The molecule has 1 atom stereocenters. The van der Waals surface area contributed by atoms with Gasteiger partial charge < -0.3 is 5.32 Å². The zero-order chi connectivity index (χ0) is 13.1. The van der Waals surface area contributed by atoms with Crippen LogP contribution in [0.15, 0.2) is 42.5 Å². The maximum absolute atomic E-state index is 5.94. The Bertz CT molecular complexity index is 531. The molecule has 18 heavy (non-hydrogen) atoms. The highest BCUT2D eigenvalue weighted by molar-refractivity contribution is 6.30. The molecular weight excluding hydrogens is 242 g/mol. The molecule has 0 aromatic heterocycles. The third kappa shape index (κ3) is 2.74. The van der Waals surface area contributed by atoms with E-state index in [2.05, 4.69) is 49.5 Å². The van der Waals surface area contributed by atoms with E-state index in [0.717, 1.165) is 5.02 Å². The van der Waals surface area contributed by atoms with Crippen LogP contribution in [0.5, 0.6) is 0 Å². The number of benzene rings is 2. The van der Waals surface area contributed by atoms with Gasteiger partial charge in [-0.2, -0.15) is 0 Å². The number of hydrogen-bond acceptors (Lipinski definition) is 1. The summed E-state index contributed by atoms with van der Waals surface area (Å²) in [5.41, 5.74) is 5.13. The first kappa shape index (κ1) is 13.1. The first-order chi connectivity index (χ1) is 8.61. The molecule has 0 heterocycles. The summed E-state index contributed by atoms with van der Waals surface area (Å²) in [7, 11) is 1.99. The standard InChI is InChI=1S/C16H18ClN/c1-11-4-5-12(2)15(10-11)16(18-3)13-6-8-14(17)9-7-13/h4-10,16,18H,1-3H3. The van der Waals surface area contributed by atoms with Gasteiger partial charge in [-0.05, 0) is 49.7 Å². The predicted molar refractivity (Wildman–Crippen MR) is 78.3 cm³/mol. The van der Waals surface area contributed by atoms with Crippen molar-refractivity contribution in [3.05, 3.63) is 69.7 Å². The van der Waals surface area contributed by atoms with E-state index < -0.39 is 0 Å². The first-order valence-electron chi connectivity index (χ1n) is 6.11. The highest BCUT2D eigenvalue weighted by Gasteiger charge is 2.14. The van der Waals surface area contributed by atoms with Crippen LogP contribution in [-0.4, -0.2) is 7.05 Å². The number of rotatable bonds is 3. The van der Waals surface area contributed by atoms with Crippen LogP contribution in [0.2, 0.25) is 5.02 Å². The molecule has 1 N–H and O–H groups in total. The zero-order valence-electron chi connectivity index (χ0n) is 11.0. The molecule has 0 bridgehead atoms. The summed E-state index contributed by atoms with van der Waals surface area (Å²) in [6.45, 7) is 4.27. The Morgan fingerprint density at radius 2 is 1.67 bits per heavy atom. The van der Waals surface area contributed by atoms with Gasteiger partial charge in [0.2, 0.25) is 0 Å². The van der Waals surface area contributed by atoms with Crippen LogP contribution in [-0.2, 0) is 0 Å². The van der Waals surface area contributed by atoms with Crippen LogP contribution in [0.25, 0.3) is 0 Å². The van der Waals surface area contributed by atoms with Gasteiger partial charge in [0.1, 0.15) is 0 Å². The topological polar surface area (TPSA) is 12.0 Å². The normalized spacial score (nSPS) is 12.4. The van der Waals surface area contributed by atoms with Crippen LogP contribution < -0.4 is 5.32 Å². The van der Waals surface area contributed by atoms with Gasteiger partial charge in [-0.15, -0.1) is 0 Å². The molecule has 94 valence electrons. The third-order valence-electron chi connectivity index (χ3n) is 3.24. The molecule has 0 fully saturated rings. The van der Waals surface area contributed by atoms with Crippen molar-refractivity contribution in [1.82, 2.24) is 5.32 Å². The molecule has 0 saturated carbocycles. The summed E-state index contributed by atoms with van der Waals surface area (Å²) in [5, 5.41) is 4.15. The average molecular weight is 260 g/mol. The lowest BCUT2D eigenvalue weighted by Gasteiger charge is -2.20. The van der Waals surface area contributed by atoms with Crippen LogP contribution in [0.3, 0.4) is 0 Å². The Kier molecular flexibility index (Phi) is 4.05. The van der Waals surface area contributed by atoms with Crippen LogP contribution in [0.4, 0.5) is 0 Å². The van der Waals surface area contributed by atoms with E-state index in [-0.39, 0.29) is 6.04 Å². The van der Waals surface area contributed by atoms with Crippen molar-refractivity contribution >= 4 is 11.6 Å². The van der Waals surface area contributed by atoms with E-state index in [9.17, 15) is 0 Å². The summed E-state index contributed by atoms with van der Waals surface area (Å²) >= 11 is 5.94. The SMILES string of the molecule is CNC(c1ccc(Cl)cc1)c1cc(C)ccc1C. The fraction of sp³-hybridized carbons (Fsp3) is 0.250. The van der Waals surface area contributed by atoms with E-state index in [1.165, 1.54) is 22.3 Å². The number of hydrogen-bond donors (Lipinski definition) is 1. The molecule has 2 heteroatoms. The van der Waals surface area contributed by atoms with Gasteiger partial charge in [0.15, 0.2) is 0 Å². The van der Waals surface area contributed by atoms with Gasteiger partial charge in [0, 0.05) is 5.02 Å². The number of nitrogens with one attached hydrogen (secondary N) is 1. The molecule has 0 aliphatic heterocycles. The van der Waals surface area contributed by atoms with E-state index in [1.807, 2.05) is 19.2 Å². The molecule has 0 saturated heterocycles. The molecule has 0 radical (unpaired) electrons. The van der Waals surface area contributed by atoms with Crippen LogP contribution in [0.1, 0.15) is 28.3 Å². The van der Waals surface area contributed by atoms with Crippen molar-refractivity contribution in [2.45, 2.75) is 19.9 Å². The molecule has 2 aromatic rings. The minimum atomic E-state index is 0.210. The van der Waals surface area contributed by atoms with Gasteiger partial charge in [0.05, 0.1) is 6.04 Å². The monoisotopic (exact) mass is 259 g/mol. The van der Waals surface area contributed by atoms with Crippen molar-refractivity contribution in [3.63, 3.8) is 0 Å². The molecule has 0 aliphatic rings.